The van der Waals surface area contributed by atoms with E-state index in [9.17, 15) is 28.1 Å². The first kappa shape index (κ1) is 24.4. The molecule has 0 saturated heterocycles. The zero-order valence-electron chi connectivity index (χ0n) is 19.3. The van der Waals surface area contributed by atoms with E-state index >= 15 is 0 Å². The molecule has 12 heteroatoms. The third-order valence-electron chi connectivity index (χ3n) is 6.00. The Kier molecular flexibility index (Phi) is 6.64. The van der Waals surface area contributed by atoms with Gasteiger partial charge in [-0.2, -0.15) is 23.4 Å². The van der Waals surface area contributed by atoms with Crippen LogP contribution in [0.2, 0.25) is 0 Å². The van der Waals surface area contributed by atoms with Crippen molar-refractivity contribution in [3.05, 3.63) is 74.3 Å². The Balaban J connectivity index is 1.30. The predicted molar refractivity (Wildman–Crippen MR) is 120 cm³/mol. The number of carbonyl (C=O) groups excluding carboxylic acids is 1. The summed E-state index contributed by atoms with van der Waals surface area (Å²) in [7, 11) is 0. The van der Waals surface area contributed by atoms with Crippen LogP contribution in [-0.2, 0) is 19.3 Å². The first-order valence-electron chi connectivity index (χ1n) is 11.2. The maximum Gasteiger partial charge on any atom is 0.435 e. The molecule has 186 valence electrons. The Morgan fingerprint density at radius 1 is 1.17 bits per heavy atom. The molecule has 3 aromatic rings. The minimum Gasteiger partial charge on any atom is -0.352 e. The second-order valence-electron chi connectivity index (χ2n) is 8.69. The van der Waals surface area contributed by atoms with Crippen molar-refractivity contribution < 1.29 is 22.9 Å². The van der Waals surface area contributed by atoms with Crippen molar-refractivity contribution in [2.45, 2.75) is 58.3 Å². The number of aryl methyl sites for hydroxylation is 2. The quantitative estimate of drug-likeness (QED) is 0.272. The van der Waals surface area contributed by atoms with Crippen LogP contribution in [0.4, 0.5) is 18.9 Å². The smallest absolute Gasteiger partial charge is 0.352 e. The van der Waals surface area contributed by atoms with E-state index < -0.39 is 16.8 Å². The largest absolute Gasteiger partial charge is 0.435 e. The van der Waals surface area contributed by atoms with Crippen LogP contribution in [0.1, 0.15) is 63.9 Å². The molecule has 1 fully saturated rings. The van der Waals surface area contributed by atoms with E-state index in [0.717, 1.165) is 24.5 Å². The van der Waals surface area contributed by atoms with Gasteiger partial charge in [0.25, 0.3) is 5.91 Å². The highest BCUT2D eigenvalue weighted by molar-refractivity contribution is 5.94. The minimum atomic E-state index is -4.47. The van der Waals surface area contributed by atoms with Crippen LogP contribution >= 0.6 is 0 Å². The molecule has 1 amide bonds. The van der Waals surface area contributed by atoms with Crippen LogP contribution in [0, 0.1) is 24.0 Å². The lowest BCUT2D eigenvalue weighted by molar-refractivity contribution is -0.386. The maximum absolute atomic E-state index is 13.0. The Labute approximate surface area is 199 Å². The molecule has 0 unspecified atom stereocenters. The van der Waals surface area contributed by atoms with E-state index in [1.807, 2.05) is 0 Å². The van der Waals surface area contributed by atoms with Crippen LogP contribution in [0.5, 0.6) is 0 Å². The van der Waals surface area contributed by atoms with Gasteiger partial charge in [-0.05, 0) is 56.9 Å². The highest BCUT2D eigenvalue weighted by atomic mass is 19.4. The first-order valence-corrected chi connectivity index (χ1v) is 11.2. The summed E-state index contributed by atoms with van der Waals surface area (Å²) in [5.74, 6) is -0.163. The van der Waals surface area contributed by atoms with Crippen LogP contribution in [0.3, 0.4) is 0 Å². The topological polar surface area (TPSA) is 108 Å². The van der Waals surface area contributed by atoms with Crippen LogP contribution in [0.25, 0.3) is 0 Å². The summed E-state index contributed by atoms with van der Waals surface area (Å²) in [6.07, 6.45) is -2.30. The number of alkyl halides is 3. The number of aromatic nitrogens is 4. The van der Waals surface area contributed by atoms with Gasteiger partial charge in [0, 0.05) is 30.3 Å². The predicted octanol–water partition coefficient (Wildman–Crippen LogP) is 4.37. The molecule has 0 bridgehead atoms. The third kappa shape index (κ3) is 5.52. The number of nitrogens with zero attached hydrogens (tertiary/aromatic N) is 5. The number of nitro groups is 1. The van der Waals surface area contributed by atoms with Gasteiger partial charge in [-0.15, -0.1) is 0 Å². The summed E-state index contributed by atoms with van der Waals surface area (Å²) in [6.45, 7) is 4.14. The maximum atomic E-state index is 13.0. The fraction of sp³-hybridized carbons (Fsp3) is 0.435. The monoisotopic (exact) mass is 490 g/mol. The van der Waals surface area contributed by atoms with E-state index in [1.54, 1.807) is 42.8 Å². The van der Waals surface area contributed by atoms with E-state index in [0.29, 0.717) is 42.2 Å². The zero-order valence-corrected chi connectivity index (χ0v) is 19.3. The number of hydrogen-bond acceptors (Lipinski definition) is 5. The minimum absolute atomic E-state index is 0.00464. The number of amides is 1. The van der Waals surface area contributed by atoms with Crippen LogP contribution in [-0.4, -0.2) is 36.9 Å². The van der Waals surface area contributed by atoms with E-state index in [1.165, 1.54) is 4.68 Å². The molecule has 2 aromatic heterocycles. The van der Waals surface area contributed by atoms with Gasteiger partial charge in [-0.1, -0.05) is 12.1 Å². The van der Waals surface area contributed by atoms with E-state index in [2.05, 4.69) is 15.5 Å². The lowest BCUT2D eigenvalue weighted by atomic mass is 10.1. The van der Waals surface area contributed by atoms with Gasteiger partial charge in [-0.3, -0.25) is 24.3 Å². The Morgan fingerprint density at radius 2 is 1.86 bits per heavy atom. The fourth-order valence-electron chi connectivity index (χ4n) is 4.03. The second-order valence-corrected chi connectivity index (χ2v) is 8.69. The summed E-state index contributed by atoms with van der Waals surface area (Å²) in [6, 6.07) is 7.93. The Bertz CT molecular complexity index is 1240. The normalized spacial score (nSPS) is 13.7. The van der Waals surface area contributed by atoms with Gasteiger partial charge in [0.15, 0.2) is 5.69 Å². The zero-order chi connectivity index (χ0) is 25.3. The lowest BCUT2D eigenvalue weighted by Crippen LogP contribution is -2.25. The van der Waals surface area contributed by atoms with Crippen molar-refractivity contribution in [3.63, 3.8) is 0 Å². The molecule has 0 spiro atoms. The van der Waals surface area contributed by atoms with Crippen molar-refractivity contribution in [2.24, 2.45) is 0 Å². The number of rotatable bonds is 9. The Morgan fingerprint density at radius 3 is 2.43 bits per heavy atom. The molecule has 1 aliphatic rings. The first-order chi connectivity index (χ1) is 16.5. The van der Waals surface area contributed by atoms with E-state index in [-0.39, 0.29) is 24.1 Å². The summed E-state index contributed by atoms with van der Waals surface area (Å²) in [5.41, 5.74) is 1.79. The number of benzene rings is 1. The van der Waals surface area contributed by atoms with Gasteiger partial charge in [0.2, 0.25) is 0 Å². The van der Waals surface area contributed by atoms with Gasteiger partial charge in [-0.25, -0.2) is 0 Å². The SMILES string of the molecule is Cc1nn(Cc2ccc(C(=O)NCCCn3nc(C(F)(F)F)cc3C3CC3)cc2)c(C)c1[N+](=O)[O-]. The van der Waals surface area contributed by atoms with Crippen LogP contribution in [0.15, 0.2) is 30.3 Å². The molecular formula is C23H25F3N6O3. The molecule has 1 N–H and O–H groups in total. The molecule has 0 radical (unpaired) electrons. The molecule has 35 heavy (non-hydrogen) atoms. The van der Waals surface area contributed by atoms with Gasteiger partial charge >= 0.3 is 11.9 Å². The molecular weight excluding hydrogens is 465 g/mol. The summed E-state index contributed by atoms with van der Waals surface area (Å²) in [4.78, 5) is 23.2. The van der Waals surface area contributed by atoms with E-state index in [4.69, 9.17) is 0 Å². The summed E-state index contributed by atoms with van der Waals surface area (Å²) >= 11 is 0. The summed E-state index contributed by atoms with van der Waals surface area (Å²) in [5, 5.41) is 21.9. The van der Waals surface area contributed by atoms with Crippen molar-refractivity contribution in [1.29, 1.82) is 0 Å². The molecule has 4 rings (SSSR count). The molecule has 1 saturated carbocycles. The molecule has 0 atom stereocenters. The molecule has 1 aliphatic carbocycles. The molecule has 2 heterocycles. The molecule has 0 aliphatic heterocycles. The molecule has 9 nitrogen and oxygen atoms in total. The second kappa shape index (κ2) is 9.51. The van der Waals surface area contributed by atoms with Crippen molar-refractivity contribution in [1.82, 2.24) is 24.9 Å². The number of hydrogen-bond donors (Lipinski definition) is 1. The van der Waals surface area contributed by atoms with Gasteiger partial charge in [0.1, 0.15) is 11.4 Å². The highest BCUT2D eigenvalue weighted by Gasteiger charge is 2.37. The fourth-order valence-corrected chi connectivity index (χ4v) is 4.03. The highest BCUT2D eigenvalue weighted by Crippen LogP contribution is 2.42. The number of nitrogens with one attached hydrogen (secondary N) is 1. The van der Waals surface area contributed by atoms with Gasteiger partial charge in [0.05, 0.1) is 11.5 Å². The lowest BCUT2D eigenvalue weighted by Gasteiger charge is -2.09. The van der Waals surface area contributed by atoms with Crippen LogP contribution < -0.4 is 5.32 Å². The standard InChI is InChI=1S/C23H25F3N6O3/c1-14-21(32(34)35)15(2)31(28-14)13-16-4-6-18(7-5-16)22(33)27-10-3-11-30-19(17-8-9-17)12-20(29-30)23(24,25)26/h4-7,12,17H,3,8-11,13H2,1-2H3,(H,27,33). The third-order valence-corrected chi connectivity index (χ3v) is 6.00. The average Bonchev–Trinajstić information content (AvgIpc) is 3.47. The average molecular weight is 490 g/mol. The van der Waals surface area contributed by atoms with Crippen molar-refractivity contribution in [2.75, 3.05) is 6.54 Å². The number of carbonyl (C=O) groups is 1. The van der Waals surface area contributed by atoms with Crippen molar-refractivity contribution in [3.8, 4) is 0 Å². The van der Waals surface area contributed by atoms with Gasteiger partial charge < -0.3 is 5.32 Å². The number of halogens is 3. The summed E-state index contributed by atoms with van der Waals surface area (Å²) < 4.78 is 42.0. The Hall–Kier alpha value is -3.70. The van der Waals surface area contributed by atoms with Crippen molar-refractivity contribution >= 4 is 11.6 Å². The molecule has 1 aromatic carbocycles.